The average molecular weight is 320 g/mol. The van der Waals surface area contributed by atoms with Gasteiger partial charge in [0.05, 0.1) is 18.3 Å². The molecule has 6 heteroatoms. The molecule has 0 saturated carbocycles. The summed E-state index contributed by atoms with van der Waals surface area (Å²) in [7, 11) is 1.61. The second kappa shape index (κ2) is 5.94. The number of carbonyl (C=O) groups excluding carboxylic acids is 1. The number of nitrogens with one attached hydrogen (secondary N) is 1. The summed E-state index contributed by atoms with van der Waals surface area (Å²) >= 11 is 0. The standard InChI is InChI=1S/C17H21FN2O3/c1-17(2)10-20(8-11(23-17)9-22-3)16(21)15-7-12-13(18)5-4-6-14(12)19-15/h4-7,11,19H,8-10H2,1-3H3/t11-/m0/s1. The fourth-order valence-corrected chi connectivity index (χ4v) is 3.13. The number of aromatic nitrogens is 1. The first kappa shape index (κ1) is 16.0. The Labute approximate surface area is 134 Å². The predicted molar refractivity (Wildman–Crippen MR) is 85.0 cm³/mol. The lowest BCUT2D eigenvalue weighted by molar-refractivity contribution is -0.143. The molecule has 2 aromatic rings. The highest BCUT2D eigenvalue weighted by molar-refractivity contribution is 5.98. The molecule has 1 aromatic heterocycles. The van der Waals surface area contributed by atoms with Crippen molar-refractivity contribution in [1.82, 2.24) is 9.88 Å². The van der Waals surface area contributed by atoms with Gasteiger partial charge in [-0.25, -0.2) is 4.39 Å². The molecule has 0 bridgehead atoms. The Balaban J connectivity index is 1.86. The number of fused-ring (bicyclic) bond motifs is 1. The predicted octanol–water partition coefficient (Wildman–Crippen LogP) is 2.57. The molecule has 1 fully saturated rings. The number of ether oxygens (including phenoxy) is 2. The van der Waals surface area contributed by atoms with Gasteiger partial charge in [-0.3, -0.25) is 4.79 Å². The molecule has 1 N–H and O–H groups in total. The minimum Gasteiger partial charge on any atom is -0.382 e. The lowest BCUT2D eigenvalue weighted by Crippen LogP contribution is -2.55. The van der Waals surface area contributed by atoms with Gasteiger partial charge in [-0.1, -0.05) is 6.07 Å². The van der Waals surface area contributed by atoms with E-state index in [4.69, 9.17) is 9.47 Å². The summed E-state index contributed by atoms with van der Waals surface area (Å²) in [4.78, 5) is 17.5. The van der Waals surface area contributed by atoms with Crippen molar-refractivity contribution in [3.05, 3.63) is 35.8 Å². The Morgan fingerprint density at radius 3 is 3.00 bits per heavy atom. The number of halogens is 1. The van der Waals surface area contributed by atoms with E-state index in [2.05, 4.69) is 4.98 Å². The van der Waals surface area contributed by atoms with Crippen LogP contribution in [0.1, 0.15) is 24.3 Å². The van der Waals surface area contributed by atoms with Crippen molar-refractivity contribution in [3.63, 3.8) is 0 Å². The van der Waals surface area contributed by atoms with Crippen LogP contribution in [0.2, 0.25) is 0 Å². The van der Waals surface area contributed by atoms with Crippen LogP contribution in [-0.4, -0.2) is 54.3 Å². The third-order valence-corrected chi connectivity index (χ3v) is 3.96. The minimum absolute atomic E-state index is 0.155. The van der Waals surface area contributed by atoms with Crippen LogP contribution in [0.3, 0.4) is 0 Å². The molecule has 1 aromatic carbocycles. The first-order chi connectivity index (χ1) is 10.9. The lowest BCUT2D eigenvalue weighted by atomic mass is 10.0. The third kappa shape index (κ3) is 3.23. The molecular weight excluding hydrogens is 299 g/mol. The molecule has 124 valence electrons. The van der Waals surface area contributed by atoms with Crippen molar-refractivity contribution >= 4 is 16.8 Å². The van der Waals surface area contributed by atoms with Crippen molar-refractivity contribution in [3.8, 4) is 0 Å². The van der Waals surface area contributed by atoms with E-state index in [-0.39, 0.29) is 17.8 Å². The summed E-state index contributed by atoms with van der Waals surface area (Å²) in [5.41, 5.74) is 0.558. The first-order valence-corrected chi connectivity index (χ1v) is 7.63. The van der Waals surface area contributed by atoms with Gasteiger partial charge < -0.3 is 19.4 Å². The monoisotopic (exact) mass is 320 g/mol. The van der Waals surface area contributed by atoms with Crippen molar-refractivity contribution in [1.29, 1.82) is 0 Å². The van der Waals surface area contributed by atoms with Crippen molar-refractivity contribution in [2.24, 2.45) is 0 Å². The van der Waals surface area contributed by atoms with Crippen molar-refractivity contribution in [2.75, 3.05) is 26.8 Å². The van der Waals surface area contributed by atoms with Crippen molar-refractivity contribution < 1.29 is 18.7 Å². The average Bonchev–Trinajstić information content (AvgIpc) is 2.90. The zero-order valence-electron chi connectivity index (χ0n) is 13.6. The van der Waals surface area contributed by atoms with Gasteiger partial charge in [-0.2, -0.15) is 0 Å². The number of methoxy groups -OCH3 is 1. The molecule has 0 aliphatic carbocycles. The molecule has 5 nitrogen and oxygen atoms in total. The number of hydrogen-bond donors (Lipinski definition) is 1. The Bertz CT molecular complexity index is 726. The topological polar surface area (TPSA) is 54.6 Å². The third-order valence-electron chi connectivity index (χ3n) is 3.96. The highest BCUT2D eigenvalue weighted by Gasteiger charge is 2.36. The molecule has 1 saturated heterocycles. The van der Waals surface area contributed by atoms with Crippen LogP contribution in [0, 0.1) is 5.82 Å². The van der Waals surface area contributed by atoms with Crippen LogP contribution in [0.15, 0.2) is 24.3 Å². The van der Waals surface area contributed by atoms with E-state index in [1.54, 1.807) is 30.2 Å². The summed E-state index contributed by atoms with van der Waals surface area (Å²) < 4.78 is 24.9. The summed E-state index contributed by atoms with van der Waals surface area (Å²) in [6, 6.07) is 6.33. The number of aromatic amines is 1. The minimum atomic E-state index is -0.450. The molecule has 1 aliphatic rings. The van der Waals surface area contributed by atoms with Gasteiger partial charge in [0, 0.05) is 31.1 Å². The van der Waals surface area contributed by atoms with Crippen LogP contribution in [0.4, 0.5) is 4.39 Å². The number of nitrogens with zero attached hydrogens (tertiary/aromatic N) is 1. The quantitative estimate of drug-likeness (QED) is 0.946. The number of rotatable bonds is 3. The molecule has 1 atom stereocenters. The van der Waals surface area contributed by atoms with E-state index in [9.17, 15) is 9.18 Å². The fraction of sp³-hybridized carbons (Fsp3) is 0.471. The molecule has 0 radical (unpaired) electrons. The van der Waals surface area contributed by atoms with E-state index in [1.807, 2.05) is 13.8 Å². The molecule has 2 heterocycles. The summed E-state index contributed by atoms with van der Waals surface area (Å²) in [5, 5.41) is 0.428. The van der Waals surface area contributed by atoms with Gasteiger partial charge in [0.15, 0.2) is 0 Å². The molecule has 23 heavy (non-hydrogen) atoms. The van der Waals surface area contributed by atoms with Crippen LogP contribution in [0.5, 0.6) is 0 Å². The highest BCUT2D eigenvalue weighted by atomic mass is 19.1. The Morgan fingerprint density at radius 1 is 1.52 bits per heavy atom. The van der Waals surface area contributed by atoms with Crippen molar-refractivity contribution in [2.45, 2.75) is 25.6 Å². The number of morpholine rings is 1. The summed E-state index contributed by atoms with van der Waals surface area (Å²) in [6.07, 6.45) is -0.172. The molecule has 0 spiro atoms. The van der Waals surface area contributed by atoms with Crippen LogP contribution >= 0.6 is 0 Å². The van der Waals surface area contributed by atoms with Gasteiger partial charge in [-0.15, -0.1) is 0 Å². The SMILES string of the molecule is COC[C@@H]1CN(C(=O)c2cc3c(F)cccc3[nH]2)CC(C)(C)O1. The second-order valence-corrected chi connectivity index (χ2v) is 6.52. The molecular formula is C17H21FN2O3. The molecule has 3 rings (SSSR count). The summed E-state index contributed by atoms with van der Waals surface area (Å²) in [6.45, 7) is 5.24. The Kier molecular flexibility index (Phi) is 4.12. The largest absolute Gasteiger partial charge is 0.382 e. The molecule has 1 amide bonds. The van der Waals surface area contributed by atoms with Gasteiger partial charge >= 0.3 is 0 Å². The normalized spacial score (nSPS) is 20.9. The second-order valence-electron chi connectivity index (χ2n) is 6.52. The number of benzene rings is 1. The van der Waals surface area contributed by atoms with E-state index >= 15 is 0 Å². The zero-order valence-corrected chi connectivity index (χ0v) is 13.6. The van der Waals surface area contributed by atoms with E-state index in [0.717, 1.165) is 0 Å². The first-order valence-electron chi connectivity index (χ1n) is 7.63. The Hall–Kier alpha value is -1.92. The maximum atomic E-state index is 13.8. The van der Waals surface area contributed by atoms with Crippen LogP contribution in [-0.2, 0) is 9.47 Å². The smallest absolute Gasteiger partial charge is 0.270 e. The maximum Gasteiger partial charge on any atom is 0.270 e. The Morgan fingerprint density at radius 2 is 2.30 bits per heavy atom. The van der Waals surface area contributed by atoms with Gasteiger partial charge in [0.1, 0.15) is 11.5 Å². The van der Waals surface area contributed by atoms with E-state index in [1.165, 1.54) is 6.07 Å². The highest BCUT2D eigenvalue weighted by Crippen LogP contribution is 2.24. The molecule has 1 aliphatic heterocycles. The number of carbonyl (C=O) groups is 1. The summed E-state index contributed by atoms with van der Waals surface area (Å²) in [5.74, 6) is -0.490. The van der Waals surface area contributed by atoms with Crippen LogP contribution < -0.4 is 0 Å². The number of hydrogen-bond acceptors (Lipinski definition) is 3. The zero-order chi connectivity index (χ0) is 16.6. The van der Waals surface area contributed by atoms with Crippen LogP contribution in [0.25, 0.3) is 10.9 Å². The van der Waals surface area contributed by atoms with Gasteiger partial charge in [-0.05, 0) is 32.0 Å². The maximum absolute atomic E-state index is 13.8. The molecule has 0 unspecified atom stereocenters. The van der Waals surface area contributed by atoms with Gasteiger partial charge in [0.2, 0.25) is 0 Å². The number of H-pyrrole nitrogens is 1. The van der Waals surface area contributed by atoms with E-state index in [0.29, 0.717) is 36.3 Å². The van der Waals surface area contributed by atoms with Gasteiger partial charge in [0.25, 0.3) is 5.91 Å². The fourth-order valence-electron chi connectivity index (χ4n) is 3.13. The van der Waals surface area contributed by atoms with E-state index < -0.39 is 5.60 Å². The number of amides is 1. The lowest BCUT2D eigenvalue weighted by Gasteiger charge is -2.42.